The lowest BCUT2D eigenvalue weighted by molar-refractivity contribution is -0.142. The van der Waals surface area contributed by atoms with E-state index in [0.29, 0.717) is 0 Å². The average Bonchev–Trinajstić information content (AvgIpc) is 2.75. The molecular weight excluding hydrogens is 218 g/mol. The lowest BCUT2D eigenvalue weighted by atomic mass is 10.0. The number of fused-ring (bicyclic) bond motifs is 1. The van der Waals surface area contributed by atoms with Gasteiger partial charge in [0.05, 0.1) is 12.6 Å². The van der Waals surface area contributed by atoms with Crippen LogP contribution in [0.2, 0.25) is 0 Å². The SMILES string of the molecule is NC(COCC(=O)O)c1ccc2c(c1)CCC2. The first-order valence-corrected chi connectivity index (χ1v) is 5.83. The number of benzene rings is 1. The van der Waals surface area contributed by atoms with E-state index < -0.39 is 5.97 Å². The van der Waals surface area contributed by atoms with E-state index in [2.05, 4.69) is 12.1 Å². The minimum atomic E-state index is -0.967. The summed E-state index contributed by atoms with van der Waals surface area (Å²) in [6.07, 6.45) is 3.48. The molecular formula is C13H17NO3. The Bertz CT molecular complexity index is 417. The Balaban J connectivity index is 1.95. The normalized spacial score (nSPS) is 15.6. The lowest BCUT2D eigenvalue weighted by Crippen LogP contribution is -2.19. The van der Waals surface area contributed by atoms with Crippen molar-refractivity contribution in [2.75, 3.05) is 13.2 Å². The number of hydrogen-bond acceptors (Lipinski definition) is 3. The van der Waals surface area contributed by atoms with Crippen LogP contribution in [-0.4, -0.2) is 24.3 Å². The Labute approximate surface area is 100 Å². The maximum absolute atomic E-state index is 10.3. The van der Waals surface area contributed by atoms with E-state index in [9.17, 15) is 4.79 Å². The standard InChI is InChI=1S/C13H17NO3/c14-12(7-17-8-13(15)16)11-5-4-9-2-1-3-10(9)6-11/h4-6,12H,1-3,7-8,14H2,(H,15,16). The van der Waals surface area contributed by atoms with Crippen molar-refractivity contribution in [2.24, 2.45) is 5.73 Å². The summed E-state index contributed by atoms with van der Waals surface area (Å²) >= 11 is 0. The molecule has 0 bridgehead atoms. The molecule has 1 aromatic rings. The van der Waals surface area contributed by atoms with E-state index in [-0.39, 0.29) is 19.3 Å². The number of rotatable bonds is 5. The topological polar surface area (TPSA) is 72.5 Å². The largest absolute Gasteiger partial charge is 0.480 e. The summed E-state index contributed by atoms with van der Waals surface area (Å²) in [6, 6.07) is 6.00. The molecule has 0 aromatic heterocycles. The van der Waals surface area contributed by atoms with Gasteiger partial charge in [-0.2, -0.15) is 0 Å². The Hall–Kier alpha value is -1.39. The number of carbonyl (C=O) groups is 1. The van der Waals surface area contributed by atoms with Crippen LogP contribution in [0.1, 0.15) is 29.2 Å². The molecule has 1 atom stereocenters. The maximum Gasteiger partial charge on any atom is 0.329 e. The molecule has 1 aromatic carbocycles. The maximum atomic E-state index is 10.3. The predicted octanol–water partition coefficient (Wildman–Crippen LogP) is 1.28. The van der Waals surface area contributed by atoms with Crippen LogP contribution >= 0.6 is 0 Å². The molecule has 0 spiro atoms. The molecule has 4 nitrogen and oxygen atoms in total. The minimum Gasteiger partial charge on any atom is -0.480 e. The van der Waals surface area contributed by atoms with Crippen molar-refractivity contribution in [3.8, 4) is 0 Å². The quantitative estimate of drug-likeness (QED) is 0.806. The summed E-state index contributed by atoms with van der Waals surface area (Å²) in [5.41, 5.74) is 9.76. The molecule has 2 rings (SSSR count). The molecule has 0 saturated carbocycles. The highest BCUT2D eigenvalue weighted by Gasteiger charge is 2.14. The highest BCUT2D eigenvalue weighted by molar-refractivity contribution is 5.67. The number of nitrogens with two attached hydrogens (primary N) is 1. The van der Waals surface area contributed by atoms with Crippen LogP contribution in [0, 0.1) is 0 Å². The Morgan fingerprint density at radius 3 is 2.94 bits per heavy atom. The Morgan fingerprint density at radius 1 is 1.41 bits per heavy atom. The smallest absolute Gasteiger partial charge is 0.329 e. The highest BCUT2D eigenvalue weighted by Crippen LogP contribution is 2.24. The first-order chi connectivity index (χ1) is 8.16. The van der Waals surface area contributed by atoms with Crippen LogP contribution in [0.5, 0.6) is 0 Å². The zero-order valence-electron chi connectivity index (χ0n) is 9.69. The second kappa shape index (κ2) is 5.29. The molecule has 92 valence electrons. The van der Waals surface area contributed by atoms with Crippen molar-refractivity contribution in [1.29, 1.82) is 0 Å². The van der Waals surface area contributed by atoms with Gasteiger partial charge in [0.2, 0.25) is 0 Å². The zero-order valence-corrected chi connectivity index (χ0v) is 9.69. The Morgan fingerprint density at radius 2 is 2.18 bits per heavy atom. The molecule has 4 heteroatoms. The lowest BCUT2D eigenvalue weighted by Gasteiger charge is -2.13. The van der Waals surface area contributed by atoms with Gasteiger partial charge in [0.15, 0.2) is 0 Å². The van der Waals surface area contributed by atoms with Crippen molar-refractivity contribution in [3.63, 3.8) is 0 Å². The molecule has 0 amide bonds. The number of carboxylic acids is 1. The number of ether oxygens (including phenoxy) is 1. The predicted molar refractivity (Wildman–Crippen MR) is 63.9 cm³/mol. The van der Waals surface area contributed by atoms with E-state index in [1.54, 1.807) is 0 Å². The van der Waals surface area contributed by atoms with Gasteiger partial charge in [-0.25, -0.2) is 4.79 Å². The van der Waals surface area contributed by atoms with E-state index in [1.807, 2.05) is 6.07 Å². The summed E-state index contributed by atoms with van der Waals surface area (Å²) < 4.78 is 5.01. The van der Waals surface area contributed by atoms with E-state index >= 15 is 0 Å². The second-order valence-electron chi connectivity index (χ2n) is 4.40. The third kappa shape index (κ3) is 3.05. The van der Waals surface area contributed by atoms with Gasteiger partial charge < -0.3 is 15.6 Å². The van der Waals surface area contributed by atoms with Crippen molar-refractivity contribution in [3.05, 3.63) is 34.9 Å². The molecule has 0 aliphatic heterocycles. The summed E-state index contributed by atoms with van der Waals surface area (Å²) in [5, 5.41) is 8.46. The summed E-state index contributed by atoms with van der Waals surface area (Å²) in [5.74, 6) is -0.967. The zero-order chi connectivity index (χ0) is 12.3. The fraction of sp³-hybridized carbons (Fsp3) is 0.462. The second-order valence-corrected chi connectivity index (χ2v) is 4.40. The summed E-state index contributed by atoms with van der Waals surface area (Å²) in [7, 11) is 0. The van der Waals surface area contributed by atoms with Gasteiger partial charge in [-0.1, -0.05) is 18.2 Å². The first kappa shape index (κ1) is 12.1. The third-order valence-electron chi connectivity index (χ3n) is 3.07. The monoisotopic (exact) mass is 235 g/mol. The molecule has 17 heavy (non-hydrogen) atoms. The van der Waals surface area contributed by atoms with Crippen LogP contribution in [0.3, 0.4) is 0 Å². The van der Waals surface area contributed by atoms with Crippen LogP contribution in [0.25, 0.3) is 0 Å². The van der Waals surface area contributed by atoms with Gasteiger partial charge in [-0.15, -0.1) is 0 Å². The van der Waals surface area contributed by atoms with Gasteiger partial charge in [0.25, 0.3) is 0 Å². The van der Waals surface area contributed by atoms with Gasteiger partial charge in [-0.3, -0.25) is 0 Å². The molecule has 0 fully saturated rings. The van der Waals surface area contributed by atoms with Gasteiger partial charge in [0, 0.05) is 0 Å². The molecule has 1 aliphatic rings. The minimum absolute atomic E-state index is 0.241. The van der Waals surface area contributed by atoms with E-state index in [1.165, 1.54) is 17.5 Å². The van der Waals surface area contributed by atoms with E-state index in [4.69, 9.17) is 15.6 Å². The molecule has 0 heterocycles. The van der Waals surface area contributed by atoms with Crippen molar-refractivity contribution >= 4 is 5.97 Å². The van der Waals surface area contributed by atoms with Crippen LogP contribution in [-0.2, 0) is 22.4 Å². The van der Waals surface area contributed by atoms with Gasteiger partial charge in [-0.05, 0) is 36.0 Å². The van der Waals surface area contributed by atoms with Crippen molar-refractivity contribution in [1.82, 2.24) is 0 Å². The van der Waals surface area contributed by atoms with Gasteiger partial charge in [0.1, 0.15) is 6.61 Å². The summed E-state index contributed by atoms with van der Waals surface area (Å²) in [4.78, 5) is 10.3. The number of hydrogen-bond donors (Lipinski definition) is 2. The fourth-order valence-electron chi connectivity index (χ4n) is 2.19. The number of aliphatic carboxylic acids is 1. The molecule has 0 saturated heterocycles. The first-order valence-electron chi connectivity index (χ1n) is 5.83. The molecule has 0 radical (unpaired) electrons. The fourth-order valence-corrected chi connectivity index (χ4v) is 2.19. The highest BCUT2D eigenvalue weighted by atomic mass is 16.5. The number of carboxylic acid groups (broad SMARTS) is 1. The molecule has 3 N–H and O–H groups in total. The molecule has 1 aliphatic carbocycles. The molecule has 1 unspecified atom stereocenters. The number of aryl methyl sites for hydroxylation is 2. The summed E-state index contributed by atoms with van der Waals surface area (Å²) in [6.45, 7) is -0.0519. The van der Waals surface area contributed by atoms with E-state index in [0.717, 1.165) is 18.4 Å². The van der Waals surface area contributed by atoms with Crippen LogP contribution < -0.4 is 5.73 Å². The van der Waals surface area contributed by atoms with Crippen molar-refractivity contribution in [2.45, 2.75) is 25.3 Å². The van der Waals surface area contributed by atoms with Crippen LogP contribution in [0.4, 0.5) is 0 Å². The van der Waals surface area contributed by atoms with Crippen molar-refractivity contribution < 1.29 is 14.6 Å². The van der Waals surface area contributed by atoms with Gasteiger partial charge >= 0.3 is 5.97 Å². The Kier molecular flexibility index (Phi) is 3.76. The average molecular weight is 235 g/mol. The van der Waals surface area contributed by atoms with Crippen LogP contribution in [0.15, 0.2) is 18.2 Å². The third-order valence-corrected chi connectivity index (χ3v) is 3.07.